The number of fused-ring (bicyclic) bond motifs is 1. The second-order valence-corrected chi connectivity index (χ2v) is 9.99. The fourth-order valence-corrected chi connectivity index (χ4v) is 4.44. The van der Waals surface area contributed by atoms with Crippen molar-refractivity contribution in [3.05, 3.63) is 29.3 Å². The first kappa shape index (κ1) is 25.5. The fraction of sp³-hybridized carbons (Fsp3) is 0.692. The topological polar surface area (TPSA) is 73.9 Å². The van der Waals surface area contributed by atoms with Gasteiger partial charge >= 0.3 is 0 Å². The van der Waals surface area contributed by atoms with Crippen LogP contribution in [0.1, 0.15) is 68.3 Å². The Morgan fingerprint density at radius 3 is 2.73 bits per heavy atom. The van der Waals surface area contributed by atoms with Gasteiger partial charge < -0.3 is 20.3 Å². The third-order valence-corrected chi connectivity index (χ3v) is 6.60. The molecule has 3 rings (SSSR count). The molecule has 0 atom stereocenters. The molecule has 0 radical (unpaired) electrons. The minimum absolute atomic E-state index is 0.0393. The molecule has 0 aromatic heterocycles. The van der Waals surface area contributed by atoms with E-state index in [2.05, 4.69) is 41.3 Å². The molecular formula is C26H42N4O3. The number of ether oxygens (including phenoxy) is 1. The summed E-state index contributed by atoms with van der Waals surface area (Å²) in [6, 6.07) is 5.96. The molecule has 7 nitrogen and oxygen atoms in total. The van der Waals surface area contributed by atoms with Crippen molar-refractivity contribution in [3.8, 4) is 5.75 Å². The quantitative estimate of drug-likeness (QED) is 0.710. The van der Waals surface area contributed by atoms with Crippen LogP contribution in [-0.4, -0.2) is 74.0 Å². The summed E-state index contributed by atoms with van der Waals surface area (Å²) in [4.78, 5) is 30.4. The number of hydrogen-bond acceptors (Lipinski definition) is 5. The molecule has 0 bridgehead atoms. The van der Waals surface area contributed by atoms with Crippen molar-refractivity contribution in [3.63, 3.8) is 0 Å². The second kappa shape index (κ2) is 12.9. The monoisotopic (exact) mass is 458 g/mol. The number of nitrogens with zero attached hydrogens (tertiary/aromatic N) is 2. The Bertz CT molecular complexity index is 775. The summed E-state index contributed by atoms with van der Waals surface area (Å²) in [5.41, 5.74) is 1.55. The highest BCUT2D eigenvalue weighted by atomic mass is 16.5. The van der Waals surface area contributed by atoms with Crippen LogP contribution in [0.3, 0.4) is 0 Å². The van der Waals surface area contributed by atoms with Gasteiger partial charge in [-0.2, -0.15) is 0 Å². The zero-order chi connectivity index (χ0) is 23.6. The number of likely N-dealkylation sites (tertiary alicyclic amines) is 1. The summed E-state index contributed by atoms with van der Waals surface area (Å²) in [5, 5.41) is 6.31. The molecule has 1 aromatic carbocycles. The van der Waals surface area contributed by atoms with Crippen molar-refractivity contribution < 1.29 is 14.3 Å². The number of piperidine rings is 1. The van der Waals surface area contributed by atoms with Gasteiger partial charge in [-0.1, -0.05) is 19.9 Å². The number of hydrogen-bond donors (Lipinski definition) is 2. The van der Waals surface area contributed by atoms with Crippen LogP contribution in [0.5, 0.6) is 5.75 Å². The maximum atomic E-state index is 13.4. The Kier molecular flexibility index (Phi) is 10.0. The number of rotatable bonds is 5. The lowest BCUT2D eigenvalue weighted by Crippen LogP contribution is -2.43. The lowest BCUT2D eigenvalue weighted by atomic mass is 10.0. The molecule has 2 amide bonds. The lowest BCUT2D eigenvalue weighted by Gasteiger charge is -2.30. The number of nitrogens with one attached hydrogen (secondary N) is 2. The van der Waals surface area contributed by atoms with Crippen molar-refractivity contribution in [1.29, 1.82) is 0 Å². The highest BCUT2D eigenvalue weighted by molar-refractivity contribution is 5.96. The first-order valence-corrected chi connectivity index (χ1v) is 12.7. The van der Waals surface area contributed by atoms with Crippen LogP contribution in [-0.2, 0) is 11.3 Å². The summed E-state index contributed by atoms with van der Waals surface area (Å²) in [7, 11) is 2.12. The van der Waals surface area contributed by atoms with Crippen molar-refractivity contribution in [1.82, 2.24) is 20.4 Å². The standard InChI is InChI=1S/C26H42N4O3/c1-20(2)10-16-30-18-23-22(26(32)28-21-11-14-29(3)15-12-21)8-7-9-24(23)33-17-6-4-5-13-27-25(31)19-30/h7-9,20-21H,4-6,10-19H2,1-3H3,(H,27,31)(H,28,32). The molecule has 0 unspecified atom stereocenters. The number of carbonyl (C=O) groups is 2. The predicted molar refractivity (Wildman–Crippen MR) is 132 cm³/mol. The third-order valence-electron chi connectivity index (χ3n) is 6.60. The molecule has 33 heavy (non-hydrogen) atoms. The summed E-state index contributed by atoms with van der Waals surface area (Å²) in [5.74, 6) is 1.31. The van der Waals surface area contributed by atoms with E-state index in [-0.39, 0.29) is 17.9 Å². The first-order valence-electron chi connectivity index (χ1n) is 12.7. The molecule has 7 heteroatoms. The Morgan fingerprint density at radius 2 is 1.97 bits per heavy atom. The maximum absolute atomic E-state index is 13.4. The Morgan fingerprint density at radius 1 is 1.18 bits per heavy atom. The van der Waals surface area contributed by atoms with Crippen LogP contribution >= 0.6 is 0 Å². The van der Waals surface area contributed by atoms with E-state index in [1.54, 1.807) is 0 Å². The molecule has 2 aliphatic heterocycles. The molecule has 1 fully saturated rings. The average Bonchev–Trinajstić information content (AvgIpc) is 2.80. The van der Waals surface area contributed by atoms with E-state index in [9.17, 15) is 9.59 Å². The minimum atomic E-state index is -0.0393. The van der Waals surface area contributed by atoms with Gasteiger partial charge in [0, 0.05) is 30.3 Å². The predicted octanol–water partition coefficient (Wildman–Crippen LogP) is 3.04. The van der Waals surface area contributed by atoms with Crippen LogP contribution in [0, 0.1) is 5.92 Å². The Hall–Kier alpha value is -2.12. The van der Waals surface area contributed by atoms with Gasteiger partial charge in [-0.15, -0.1) is 0 Å². The Balaban J connectivity index is 1.84. The van der Waals surface area contributed by atoms with E-state index in [1.807, 2.05) is 18.2 Å². The lowest BCUT2D eigenvalue weighted by molar-refractivity contribution is -0.122. The van der Waals surface area contributed by atoms with Gasteiger partial charge in [-0.05, 0) is 83.3 Å². The summed E-state index contributed by atoms with van der Waals surface area (Å²) in [6.45, 7) is 9.36. The highest BCUT2D eigenvalue weighted by Crippen LogP contribution is 2.26. The zero-order valence-electron chi connectivity index (χ0n) is 20.7. The van der Waals surface area contributed by atoms with Gasteiger partial charge in [0.15, 0.2) is 0 Å². The largest absolute Gasteiger partial charge is 0.493 e. The minimum Gasteiger partial charge on any atom is -0.493 e. The van der Waals surface area contributed by atoms with Crippen LogP contribution in [0.25, 0.3) is 0 Å². The molecule has 1 saturated heterocycles. The van der Waals surface area contributed by atoms with Crippen molar-refractivity contribution in [2.45, 2.75) is 65.0 Å². The Labute approximate surface area is 199 Å². The van der Waals surface area contributed by atoms with Crippen LogP contribution < -0.4 is 15.4 Å². The number of carbonyl (C=O) groups excluding carboxylic acids is 2. The second-order valence-electron chi connectivity index (χ2n) is 9.99. The zero-order valence-corrected chi connectivity index (χ0v) is 20.7. The van der Waals surface area contributed by atoms with Gasteiger partial charge in [-0.3, -0.25) is 14.5 Å². The average molecular weight is 459 g/mol. The van der Waals surface area contributed by atoms with E-state index >= 15 is 0 Å². The van der Waals surface area contributed by atoms with E-state index in [0.29, 0.717) is 37.7 Å². The van der Waals surface area contributed by atoms with E-state index < -0.39 is 0 Å². The van der Waals surface area contributed by atoms with Crippen molar-refractivity contribution in [2.24, 2.45) is 5.92 Å². The van der Waals surface area contributed by atoms with Gasteiger partial charge in [0.25, 0.3) is 5.91 Å². The van der Waals surface area contributed by atoms with E-state index in [4.69, 9.17) is 4.74 Å². The summed E-state index contributed by atoms with van der Waals surface area (Å²) >= 11 is 0. The third kappa shape index (κ3) is 8.31. The normalized spacial score (nSPS) is 20.1. The van der Waals surface area contributed by atoms with E-state index in [1.165, 1.54) is 0 Å². The molecule has 2 heterocycles. The van der Waals surface area contributed by atoms with Crippen molar-refractivity contribution in [2.75, 3.05) is 46.4 Å². The van der Waals surface area contributed by atoms with Gasteiger partial charge in [0.05, 0.1) is 13.2 Å². The SMILES string of the molecule is CC(C)CCN1CC(=O)NCCCCCOc2cccc(C(=O)NC3CCN(C)CC3)c2C1. The molecule has 2 aliphatic rings. The number of benzene rings is 1. The van der Waals surface area contributed by atoms with Crippen LogP contribution in [0.4, 0.5) is 0 Å². The molecule has 184 valence electrons. The van der Waals surface area contributed by atoms with Crippen LogP contribution in [0.2, 0.25) is 0 Å². The molecule has 0 saturated carbocycles. The van der Waals surface area contributed by atoms with Gasteiger partial charge in [0.1, 0.15) is 5.75 Å². The molecule has 0 aliphatic carbocycles. The molecular weight excluding hydrogens is 416 g/mol. The highest BCUT2D eigenvalue weighted by Gasteiger charge is 2.24. The van der Waals surface area contributed by atoms with Gasteiger partial charge in [-0.25, -0.2) is 0 Å². The van der Waals surface area contributed by atoms with E-state index in [0.717, 1.165) is 69.5 Å². The first-order chi connectivity index (χ1) is 15.9. The van der Waals surface area contributed by atoms with Crippen LogP contribution in [0.15, 0.2) is 18.2 Å². The molecule has 1 aromatic rings. The smallest absolute Gasteiger partial charge is 0.251 e. The van der Waals surface area contributed by atoms with Crippen molar-refractivity contribution >= 4 is 11.8 Å². The fourth-order valence-electron chi connectivity index (χ4n) is 4.44. The molecule has 2 N–H and O–H groups in total. The number of amides is 2. The maximum Gasteiger partial charge on any atom is 0.251 e. The summed E-state index contributed by atoms with van der Waals surface area (Å²) < 4.78 is 6.18. The van der Waals surface area contributed by atoms with Gasteiger partial charge in [0.2, 0.25) is 5.91 Å². The summed E-state index contributed by atoms with van der Waals surface area (Å²) in [6.07, 6.45) is 5.81. The molecule has 0 spiro atoms.